The number of hydrogen-bond donors (Lipinski definition) is 0. The van der Waals surface area contributed by atoms with Gasteiger partial charge in [-0.3, -0.25) is 14.6 Å². The van der Waals surface area contributed by atoms with Gasteiger partial charge in [0.25, 0.3) is 5.91 Å². The van der Waals surface area contributed by atoms with Crippen LogP contribution in [-0.2, 0) is 11.3 Å². The lowest BCUT2D eigenvalue weighted by molar-refractivity contribution is -0.138. The Morgan fingerprint density at radius 3 is 2.77 bits per heavy atom. The van der Waals surface area contributed by atoms with E-state index in [0.29, 0.717) is 31.7 Å². The lowest BCUT2D eigenvalue weighted by Gasteiger charge is -2.39. The molecule has 2 fully saturated rings. The van der Waals surface area contributed by atoms with Gasteiger partial charge in [-0.25, -0.2) is 0 Å². The summed E-state index contributed by atoms with van der Waals surface area (Å²) < 4.78 is 5.51. The standard InChI is InChI=1S/C20H23N3O3/c1-13-4-3-5-15(21-13)12-23-17-10-11-22(16(17)7-9-19(23)24)20(25)18-8-6-14(2)26-18/h3-6,8,16-17H,7,9-12H2,1-2H3/t16-,17-/m1/s1. The molecule has 2 aliphatic rings. The number of amides is 2. The maximum atomic E-state index is 12.8. The van der Waals surface area contributed by atoms with Crippen LogP contribution in [0.4, 0.5) is 0 Å². The summed E-state index contributed by atoms with van der Waals surface area (Å²) in [5.41, 5.74) is 1.84. The first kappa shape index (κ1) is 16.8. The molecule has 2 aromatic rings. The average Bonchev–Trinajstić information content (AvgIpc) is 3.23. The highest BCUT2D eigenvalue weighted by Crippen LogP contribution is 2.33. The minimum absolute atomic E-state index is 0.0513. The highest BCUT2D eigenvalue weighted by Gasteiger charge is 2.45. The third-order valence-electron chi connectivity index (χ3n) is 5.38. The molecule has 0 aliphatic carbocycles. The second kappa shape index (κ2) is 6.59. The molecule has 4 rings (SSSR count). The van der Waals surface area contributed by atoms with Gasteiger partial charge in [-0.05, 0) is 51.0 Å². The van der Waals surface area contributed by atoms with Crippen molar-refractivity contribution in [3.63, 3.8) is 0 Å². The third-order valence-corrected chi connectivity index (χ3v) is 5.38. The molecule has 2 aromatic heterocycles. The van der Waals surface area contributed by atoms with Gasteiger partial charge in [0.2, 0.25) is 5.91 Å². The van der Waals surface area contributed by atoms with Crippen LogP contribution in [-0.4, -0.2) is 45.2 Å². The summed E-state index contributed by atoms with van der Waals surface area (Å²) in [7, 11) is 0. The monoisotopic (exact) mass is 353 g/mol. The van der Waals surface area contributed by atoms with Gasteiger partial charge in [0.15, 0.2) is 5.76 Å². The van der Waals surface area contributed by atoms with E-state index in [0.717, 1.165) is 23.6 Å². The quantitative estimate of drug-likeness (QED) is 0.851. The molecule has 0 unspecified atom stereocenters. The number of carbonyl (C=O) groups excluding carboxylic acids is 2. The van der Waals surface area contributed by atoms with Crippen LogP contribution in [0.2, 0.25) is 0 Å². The second-order valence-corrected chi connectivity index (χ2v) is 7.16. The Balaban J connectivity index is 1.54. The molecular formula is C20H23N3O3. The van der Waals surface area contributed by atoms with E-state index in [1.807, 2.05) is 41.8 Å². The number of carbonyl (C=O) groups is 2. The number of aromatic nitrogens is 1. The van der Waals surface area contributed by atoms with Crippen LogP contribution in [0.1, 0.15) is 47.0 Å². The van der Waals surface area contributed by atoms with Gasteiger partial charge in [0.05, 0.1) is 24.3 Å². The van der Waals surface area contributed by atoms with Crippen LogP contribution in [0, 0.1) is 13.8 Å². The van der Waals surface area contributed by atoms with Crippen molar-refractivity contribution in [3.8, 4) is 0 Å². The Kier molecular flexibility index (Phi) is 4.26. The van der Waals surface area contributed by atoms with Gasteiger partial charge < -0.3 is 14.2 Å². The molecule has 2 saturated heterocycles. The average molecular weight is 353 g/mol. The number of piperidine rings is 1. The van der Waals surface area contributed by atoms with Gasteiger partial charge in [-0.1, -0.05) is 6.07 Å². The predicted octanol–water partition coefficient (Wildman–Crippen LogP) is 2.70. The topological polar surface area (TPSA) is 66.7 Å². The number of nitrogens with zero attached hydrogens (tertiary/aromatic N) is 3. The van der Waals surface area contributed by atoms with Gasteiger partial charge in [-0.2, -0.15) is 0 Å². The number of pyridine rings is 1. The molecule has 4 heterocycles. The van der Waals surface area contributed by atoms with E-state index in [2.05, 4.69) is 4.98 Å². The van der Waals surface area contributed by atoms with Gasteiger partial charge in [0.1, 0.15) is 5.76 Å². The fraction of sp³-hybridized carbons (Fsp3) is 0.450. The van der Waals surface area contributed by atoms with Crippen molar-refractivity contribution in [3.05, 3.63) is 53.2 Å². The fourth-order valence-electron chi connectivity index (χ4n) is 4.16. The minimum atomic E-state index is -0.0754. The van der Waals surface area contributed by atoms with Crippen LogP contribution in [0.5, 0.6) is 0 Å². The molecule has 6 nitrogen and oxygen atoms in total. The molecule has 0 N–H and O–H groups in total. The van der Waals surface area contributed by atoms with Crippen molar-refractivity contribution in [2.75, 3.05) is 6.54 Å². The Bertz CT molecular complexity index is 844. The van der Waals surface area contributed by atoms with Gasteiger partial charge in [0, 0.05) is 18.7 Å². The molecule has 26 heavy (non-hydrogen) atoms. The van der Waals surface area contributed by atoms with Crippen molar-refractivity contribution >= 4 is 11.8 Å². The first-order chi connectivity index (χ1) is 12.5. The van der Waals surface area contributed by atoms with Crippen molar-refractivity contribution in [1.82, 2.24) is 14.8 Å². The Labute approximate surface area is 152 Å². The largest absolute Gasteiger partial charge is 0.456 e. The molecule has 0 bridgehead atoms. The van der Waals surface area contributed by atoms with Crippen molar-refractivity contribution in [1.29, 1.82) is 0 Å². The number of likely N-dealkylation sites (tertiary alicyclic amines) is 2. The van der Waals surface area contributed by atoms with Crippen molar-refractivity contribution < 1.29 is 14.0 Å². The molecule has 0 spiro atoms. The molecular weight excluding hydrogens is 330 g/mol. The molecule has 2 amide bonds. The predicted molar refractivity (Wildman–Crippen MR) is 95.4 cm³/mol. The van der Waals surface area contributed by atoms with E-state index < -0.39 is 0 Å². The van der Waals surface area contributed by atoms with Crippen LogP contribution >= 0.6 is 0 Å². The van der Waals surface area contributed by atoms with E-state index in [1.165, 1.54) is 0 Å². The molecule has 0 radical (unpaired) electrons. The summed E-state index contributed by atoms with van der Waals surface area (Å²) in [4.78, 5) is 33.7. The maximum Gasteiger partial charge on any atom is 0.289 e. The smallest absolute Gasteiger partial charge is 0.289 e. The van der Waals surface area contributed by atoms with E-state index in [9.17, 15) is 9.59 Å². The summed E-state index contributed by atoms with van der Waals surface area (Å²) in [6.07, 6.45) is 1.98. The number of aryl methyl sites for hydroxylation is 2. The maximum absolute atomic E-state index is 12.8. The zero-order chi connectivity index (χ0) is 18.3. The Morgan fingerprint density at radius 2 is 2.04 bits per heavy atom. The van der Waals surface area contributed by atoms with Gasteiger partial charge >= 0.3 is 0 Å². The summed E-state index contributed by atoms with van der Waals surface area (Å²) >= 11 is 0. The van der Waals surface area contributed by atoms with Crippen molar-refractivity contribution in [2.45, 2.75) is 51.7 Å². The first-order valence-electron chi connectivity index (χ1n) is 9.12. The SMILES string of the molecule is Cc1cccc(CN2C(=O)CC[C@@H]3[C@H]2CCN3C(=O)c2ccc(C)o2)n1. The molecule has 6 heteroatoms. The first-order valence-corrected chi connectivity index (χ1v) is 9.12. The van der Waals surface area contributed by atoms with Crippen LogP contribution in [0.15, 0.2) is 34.7 Å². The fourth-order valence-corrected chi connectivity index (χ4v) is 4.16. The molecule has 2 atom stereocenters. The number of fused-ring (bicyclic) bond motifs is 1. The van der Waals surface area contributed by atoms with Crippen LogP contribution < -0.4 is 0 Å². The molecule has 0 aromatic carbocycles. The summed E-state index contributed by atoms with van der Waals surface area (Å²) in [6, 6.07) is 9.51. The van der Waals surface area contributed by atoms with E-state index in [4.69, 9.17) is 4.42 Å². The van der Waals surface area contributed by atoms with E-state index >= 15 is 0 Å². The van der Waals surface area contributed by atoms with E-state index in [1.54, 1.807) is 12.1 Å². The second-order valence-electron chi connectivity index (χ2n) is 7.16. The number of furan rings is 1. The highest BCUT2D eigenvalue weighted by atomic mass is 16.3. The highest BCUT2D eigenvalue weighted by molar-refractivity contribution is 5.92. The zero-order valence-corrected chi connectivity index (χ0v) is 15.1. The minimum Gasteiger partial charge on any atom is -0.456 e. The third kappa shape index (κ3) is 3.00. The summed E-state index contributed by atoms with van der Waals surface area (Å²) in [6.45, 7) is 4.94. The van der Waals surface area contributed by atoms with Gasteiger partial charge in [-0.15, -0.1) is 0 Å². The van der Waals surface area contributed by atoms with Crippen molar-refractivity contribution in [2.24, 2.45) is 0 Å². The Morgan fingerprint density at radius 1 is 1.19 bits per heavy atom. The molecule has 136 valence electrons. The number of hydrogen-bond acceptors (Lipinski definition) is 4. The van der Waals surface area contributed by atoms with E-state index in [-0.39, 0.29) is 23.9 Å². The zero-order valence-electron chi connectivity index (χ0n) is 15.1. The molecule has 2 aliphatic heterocycles. The summed E-state index contributed by atoms with van der Waals surface area (Å²) in [5.74, 6) is 1.19. The normalized spacial score (nSPS) is 22.6. The lowest BCUT2D eigenvalue weighted by atomic mass is 9.96. The van der Waals surface area contributed by atoms with Crippen LogP contribution in [0.3, 0.4) is 0 Å². The summed E-state index contributed by atoms with van der Waals surface area (Å²) in [5, 5.41) is 0. The number of rotatable bonds is 3. The lowest BCUT2D eigenvalue weighted by Crippen LogP contribution is -2.52. The van der Waals surface area contributed by atoms with Crippen LogP contribution in [0.25, 0.3) is 0 Å². The molecule has 0 saturated carbocycles. The Hall–Kier alpha value is -2.63.